The molecule has 6 nitrogen and oxygen atoms in total. The molecule has 7 heteroatoms. The lowest BCUT2D eigenvalue weighted by Gasteiger charge is -2.18. The van der Waals surface area contributed by atoms with Gasteiger partial charge in [-0.2, -0.15) is 0 Å². The Balaban J connectivity index is 1.75. The van der Waals surface area contributed by atoms with E-state index in [2.05, 4.69) is 11.9 Å². The molecule has 0 saturated heterocycles. The fourth-order valence-corrected chi connectivity index (χ4v) is 4.11. The monoisotopic (exact) mass is 425 g/mol. The molecule has 1 amide bonds. The zero-order valence-corrected chi connectivity index (χ0v) is 18.4. The molecule has 1 heterocycles. The van der Waals surface area contributed by atoms with E-state index < -0.39 is 0 Å². The van der Waals surface area contributed by atoms with Crippen LogP contribution in [0.15, 0.2) is 58.5 Å². The maximum atomic E-state index is 12.9. The Hall–Kier alpha value is -2.80. The highest BCUT2D eigenvalue weighted by atomic mass is 32.2. The smallest absolute Gasteiger partial charge is 0.262 e. The number of hydrogen-bond donors (Lipinski definition) is 0. The molecule has 2 aromatic carbocycles. The van der Waals surface area contributed by atoms with Gasteiger partial charge in [0, 0.05) is 20.1 Å². The van der Waals surface area contributed by atoms with E-state index in [1.807, 2.05) is 42.5 Å². The predicted octanol–water partition coefficient (Wildman–Crippen LogP) is 3.96. The molecule has 0 unspecified atom stereocenters. The van der Waals surface area contributed by atoms with Crippen molar-refractivity contribution in [2.75, 3.05) is 19.9 Å². The Morgan fingerprint density at radius 3 is 2.77 bits per heavy atom. The number of rotatable bonds is 9. The van der Waals surface area contributed by atoms with E-state index in [4.69, 9.17) is 4.74 Å². The van der Waals surface area contributed by atoms with Gasteiger partial charge in [-0.1, -0.05) is 49.4 Å². The summed E-state index contributed by atoms with van der Waals surface area (Å²) < 4.78 is 6.95. The van der Waals surface area contributed by atoms with Crippen LogP contribution >= 0.6 is 11.8 Å². The van der Waals surface area contributed by atoms with Crippen LogP contribution in [-0.4, -0.2) is 40.3 Å². The number of ether oxygens (including phenoxy) is 1. The Morgan fingerprint density at radius 1 is 1.20 bits per heavy atom. The summed E-state index contributed by atoms with van der Waals surface area (Å²) in [7, 11) is 3.40. The van der Waals surface area contributed by atoms with Crippen LogP contribution in [0.4, 0.5) is 0 Å². The zero-order valence-electron chi connectivity index (χ0n) is 17.6. The molecule has 0 saturated carbocycles. The average molecular weight is 426 g/mol. The molecule has 0 aliphatic carbocycles. The van der Waals surface area contributed by atoms with Gasteiger partial charge in [0.05, 0.1) is 23.8 Å². The lowest BCUT2D eigenvalue weighted by Crippen LogP contribution is -2.29. The Labute approximate surface area is 180 Å². The maximum absolute atomic E-state index is 12.9. The van der Waals surface area contributed by atoms with E-state index in [1.165, 1.54) is 11.8 Å². The van der Waals surface area contributed by atoms with E-state index in [0.29, 0.717) is 29.1 Å². The fourth-order valence-electron chi connectivity index (χ4n) is 3.14. The number of thioether (sulfide) groups is 1. The number of carbonyl (C=O) groups is 1. The summed E-state index contributed by atoms with van der Waals surface area (Å²) in [5.74, 6) is 0.965. The van der Waals surface area contributed by atoms with Gasteiger partial charge in [-0.05, 0) is 36.2 Å². The van der Waals surface area contributed by atoms with Gasteiger partial charge in [-0.25, -0.2) is 4.98 Å². The second-order valence-corrected chi connectivity index (χ2v) is 8.05. The van der Waals surface area contributed by atoms with E-state index in [9.17, 15) is 9.59 Å². The van der Waals surface area contributed by atoms with Crippen LogP contribution in [0.2, 0.25) is 0 Å². The minimum Gasteiger partial charge on any atom is -0.497 e. The second-order valence-electron chi connectivity index (χ2n) is 7.11. The maximum Gasteiger partial charge on any atom is 0.262 e. The number of aromatic nitrogens is 2. The highest BCUT2D eigenvalue weighted by Gasteiger charge is 2.15. The van der Waals surface area contributed by atoms with E-state index in [1.54, 1.807) is 29.7 Å². The quantitative estimate of drug-likeness (QED) is 0.384. The zero-order chi connectivity index (χ0) is 21.5. The van der Waals surface area contributed by atoms with Crippen molar-refractivity contribution in [2.45, 2.75) is 38.0 Å². The van der Waals surface area contributed by atoms with Crippen LogP contribution in [0.5, 0.6) is 5.75 Å². The minimum atomic E-state index is -0.0475. The van der Waals surface area contributed by atoms with Crippen molar-refractivity contribution in [1.82, 2.24) is 14.5 Å². The number of fused-ring (bicyclic) bond motifs is 1. The van der Waals surface area contributed by atoms with Crippen molar-refractivity contribution in [3.63, 3.8) is 0 Å². The van der Waals surface area contributed by atoms with Gasteiger partial charge >= 0.3 is 0 Å². The highest BCUT2D eigenvalue weighted by Crippen LogP contribution is 2.20. The van der Waals surface area contributed by atoms with Crippen LogP contribution in [0.25, 0.3) is 10.9 Å². The molecule has 0 atom stereocenters. The summed E-state index contributed by atoms with van der Waals surface area (Å²) in [6.07, 6.45) is 1.86. The molecule has 0 bridgehead atoms. The van der Waals surface area contributed by atoms with Gasteiger partial charge in [-0.3, -0.25) is 14.2 Å². The largest absolute Gasteiger partial charge is 0.497 e. The molecule has 1 aromatic heterocycles. The molecule has 3 aromatic rings. The summed E-state index contributed by atoms with van der Waals surface area (Å²) in [6.45, 7) is 3.18. The van der Waals surface area contributed by atoms with Crippen molar-refractivity contribution in [3.05, 3.63) is 64.4 Å². The predicted molar refractivity (Wildman–Crippen MR) is 121 cm³/mol. The highest BCUT2D eigenvalue weighted by molar-refractivity contribution is 7.99. The number of methoxy groups -OCH3 is 1. The van der Waals surface area contributed by atoms with Gasteiger partial charge < -0.3 is 9.64 Å². The van der Waals surface area contributed by atoms with E-state index in [-0.39, 0.29) is 17.2 Å². The third-order valence-corrected chi connectivity index (χ3v) is 5.83. The normalized spacial score (nSPS) is 10.9. The number of amides is 1. The standard InChI is InChI=1S/C23H27N3O3S/c1-4-5-13-26-22(28)19-11-6-7-12-20(19)24-23(26)30-16-21(27)25(2)15-17-9-8-10-18(14-17)29-3/h6-12,14H,4-5,13,15-16H2,1-3H3. The summed E-state index contributed by atoms with van der Waals surface area (Å²) in [6, 6.07) is 15.0. The van der Waals surface area contributed by atoms with Crippen LogP contribution < -0.4 is 10.3 Å². The molecule has 0 radical (unpaired) electrons. The first kappa shape index (κ1) is 21.9. The van der Waals surface area contributed by atoms with Crippen molar-refractivity contribution in [3.8, 4) is 5.75 Å². The van der Waals surface area contributed by atoms with Crippen molar-refractivity contribution in [2.24, 2.45) is 0 Å². The number of carbonyl (C=O) groups excluding carboxylic acids is 1. The number of unbranched alkanes of at least 4 members (excludes halogenated alkanes) is 1. The third kappa shape index (κ3) is 5.21. The molecular weight excluding hydrogens is 398 g/mol. The minimum absolute atomic E-state index is 0.0210. The molecule has 0 N–H and O–H groups in total. The van der Waals surface area contributed by atoms with Gasteiger partial charge in [0.15, 0.2) is 5.16 Å². The van der Waals surface area contributed by atoms with Crippen molar-refractivity contribution >= 4 is 28.6 Å². The number of para-hydroxylation sites is 1. The summed E-state index contributed by atoms with van der Waals surface area (Å²) in [5.41, 5.74) is 1.61. The van der Waals surface area contributed by atoms with Gasteiger partial charge in [0.1, 0.15) is 5.75 Å². The van der Waals surface area contributed by atoms with Crippen LogP contribution in [0.3, 0.4) is 0 Å². The molecule has 0 aliphatic heterocycles. The first-order valence-electron chi connectivity index (χ1n) is 10.0. The number of nitrogens with zero attached hydrogens (tertiary/aromatic N) is 3. The van der Waals surface area contributed by atoms with Crippen LogP contribution in [-0.2, 0) is 17.9 Å². The second kappa shape index (κ2) is 10.3. The lowest BCUT2D eigenvalue weighted by molar-refractivity contribution is -0.127. The first-order chi connectivity index (χ1) is 14.5. The van der Waals surface area contributed by atoms with E-state index in [0.717, 1.165) is 24.2 Å². The molecule has 0 aliphatic rings. The molecule has 30 heavy (non-hydrogen) atoms. The first-order valence-corrected chi connectivity index (χ1v) is 11.0. The van der Waals surface area contributed by atoms with Crippen LogP contribution in [0.1, 0.15) is 25.3 Å². The summed E-state index contributed by atoms with van der Waals surface area (Å²) >= 11 is 1.32. The van der Waals surface area contributed by atoms with Gasteiger partial charge in [-0.15, -0.1) is 0 Å². The van der Waals surface area contributed by atoms with Crippen molar-refractivity contribution in [1.29, 1.82) is 0 Å². The summed E-state index contributed by atoms with van der Waals surface area (Å²) in [4.78, 5) is 32.0. The van der Waals surface area contributed by atoms with E-state index >= 15 is 0 Å². The number of hydrogen-bond acceptors (Lipinski definition) is 5. The lowest BCUT2D eigenvalue weighted by atomic mass is 10.2. The third-order valence-electron chi connectivity index (χ3n) is 4.87. The Morgan fingerprint density at radius 2 is 2.00 bits per heavy atom. The molecule has 158 valence electrons. The number of benzene rings is 2. The SMILES string of the molecule is CCCCn1c(SCC(=O)N(C)Cc2cccc(OC)c2)nc2ccccc2c1=O. The molecule has 0 fully saturated rings. The average Bonchev–Trinajstić information content (AvgIpc) is 2.77. The molecule has 0 spiro atoms. The van der Waals surface area contributed by atoms with Crippen LogP contribution in [0, 0.1) is 0 Å². The van der Waals surface area contributed by atoms with Gasteiger partial charge in [0.25, 0.3) is 5.56 Å². The molecular formula is C23H27N3O3S. The van der Waals surface area contributed by atoms with Gasteiger partial charge in [0.2, 0.25) is 5.91 Å². The fraction of sp³-hybridized carbons (Fsp3) is 0.348. The Bertz CT molecular complexity index is 1080. The molecule has 3 rings (SSSR count). The van der Waals surface area contributed by atoms with Crippen molar-refractivity contribution < 1.29 is 9.53 Å². The topological polar surface area (TPSA) is 64.4 Å². The Kier molecular flexibility index (Phi) is 7.52. The summed E-state index contributed by atoms with van der Waals surface area (Å²) in [5, 5.41) is 1.20.